The summed E-state index contributed by atoms with van der Waals surface area (Å²) in [5, 5.41) is 7.82. The molecular weight excluding hydrogens is 389 g/mol. The van der Waals surface area contributed by atoms with Gasteiger partial charge in [-0.25, -0.2) is 4.79 Å². The van der Waals surface area contributed by atoms with Crippen LogP contribution in [-0.2, 0) is 15.4 Å². The van der Waals surface area contributed by atoms with Crippen LogP contribution in [0.25, 0.3) is 0 Å². The largest absolute Gasteiger partial charge is 0.350 e. The summed E-state index contributed by atoms with van der Waals surface area (Å²) in [5.41, 5.74) is 0. The molecule has 0 aliphatic carbocycles. The van der Waals surface area contributed by atoms with E-state index < -0.39 is 14.3 Å². The first-order chi connectivity index (χ1) is 4.74. The molecular formula is C2H3I2O5P. The van der Waals surface area contributed by atoms with E-state index in [0.29, 0.717) is 0 Å². The minimum absolute atomic E-state index is 0.0717. The summed E-state index contributed by atoms with van der Waals surface area (Å²) in [6, 6.07) is 0. The molecule has 0 aromatic rings. The summed E-state index contributed by atoms with van der Waals surface area (Å²) in [7, 11) is -1.26. The van der Waals surface area contributed by atoms with Gasteiger partial charge in [-0.2, -0.15) is 5.26 Å². The summed E-state index contributed by atoms with van der Waals surface area (Å²) in [6.45, 7) is 0. The highest BCUT2D eigenvalue weighted by Gasteiger charge is 2.15. The smallest absolute Gasteiger partial charge is 0.300 e. The fourth-order valence-electron chi connectivity index (χ4n) is 0.194. The molecule has 0 saturated heterocycles. The number of hydrogen-bond donors (Lipinski definition) is 1. The van der Waals surface area contributed by atoms with E-state index in [0.717, 1.165) is 0 Å². The Bertz CT molecular complexity index is 106. The van der Waals surface area contributed by atoms with Gasteiger partial charge in [0, 0.05) is 0 Å². The van der Waals surface area contributed by atoms with Gasteiger partial charge >= 0.3 is 5.97 Å². The molecule has 8 heteroatoms. The lowest BCUT2D eigenvalue weighted by molar-refractivity contribution is -0.231. The lowest BCUT2D eigenvalue weighted by Gasteiger charge is -2.04. The van der Waals surface area contributed by atoms with Gasteiger partial charge in [-0.15, -0.1) is 0 Å². The van der Waals surface area contributed by atoms with E-state index in [1.165, 1.54) is 0 Å². The molecule has 10 heavy (non-hydrogen) atoms. The van der Waals surface area contributed by atoms with Crippen molar-refractivity contribution in [2.45, 2.75) is 0 Å². The molecule has 0 heterocycles. The molecule has 0 aliphatic rings. The third-order valence-corrected chi connectivity index (χ3v) is 3.97. The van der Waals surface area contributed by atoms with Crippen molar-refractivity contribution in [3.8, 4) is 0 Å². The fraction of sp³-hybridized carbons (Fsp3) is 0.500. The average molecular weight is 392 g/mol. The zero-order chi connectivity index (χ0) is 7.98. The zero-order valence-corrected chi connectivity index (χ0v) is 9.70. The molecule has 1 N–H and O–H groups in total. The van der Waals surface area contributed by atoms with Crippen LogP contribution in [0.1, 0.15) is 0 Å². The summed E-state index contributed by atoms with van der Waals surface area (Å²) < 4.78 is 9.33. The number of carbonyl (C=O) groups excluding carboxylic acids is 1. The standard InChI is InChI=1S/C2H3I2O5P/c3-8-10(9-4)1-2(5)7-6/h6H,1H2. The molecule has 0 amide bonds. The lowest BCUT2D eigenvalue weighted by Crippen LogP contribution is -2.05. The van der Waals surface area contributed by atoms with E-state index in [2.05, 4.69) is 10.6 Å². The van der Waals surface area contributed by atoms with Crippen molar-refractivity contribution in [2.24, 2.45) is 0 Å². The third kappa shape index (κ3) is 4.97. The highest BCUT2D eigenvalue weighted by molar-refractivity contribution is 14.1. The van der Waals surface area contributed by atoms with Crippen LogP contribution in [0.3, 0.4) is 0 Å². The van der Waals surface area contributed by atoms with Gasteiger partial charge in [0.15, 0.2) is 0 Å². The van der Waals surface area contributed by atoms with Crippen molar-refractivity contribution in [3.63, 3.8) is 0 Å². The Hall–Kier alpha value is 1.24. The minimum Gasteiger partial charge on any atom is -0.300 e. The molecule has 5 nitrogen and oxygen atoms in total. The number of hydrogen-bond acceptors (Lipinski definition) is 5. The molecule has 0 unspecified atom stereocenters. The SMILES string of the molecule is O=C(CP(OI)OI)OO. The topological polar surface area (TPSA) is 65.0 Å². The average Bonchev–Trinajstić information content (AvgIpc) is 1.99. The highest BCUT2D eigenvalue weighted by atomic mass is 127. The van der Waals surface area contributed by atoms with E-state index >= 15 is 0 Å². The number of rotatable bonds is 4. The molecule has 0 aromatic heterocycles. The van der Waals surface area contributed by atoms with E-state index in [1.54, 1.807) is 46.0 Å². The van der Waals surface area contributed by atoms with E-state index in [4.69, 9.17) is 5.26 Å². The molecule has 0 radical (unpaired) electrons. The second kappa shape index (κ2) is 6.92. The molecule has 0 atom stereocenters. The van der Waals surface area contributed by atoms with Crippen LogP contribution < -0.4 is 0 Å². The predicted molar refractivity (Wildman–Crippen MR) is 50.7 cm³/mol. The zero-order valence-electron chi connectivity index (χ0n) is 4.49. The lowest BCUT2D eigenvalue weighted by atomic mass is 10.8. The first kappa shape index (κ1) is 11.2. The fourth-order valence-corrected chi connectivity index (χ4v) is 2.82. The Kier molecular flexibility index (Phi) is 7.78. The molecule has 0 bridgehead atoms. The molecule has 0 saturated carbocycles. The monoisotopic (exact) mass is 392 g/mol. The highest BCUT2D eigenvalue weighted by Crippen LogP contribution is 2.42. The van der Waals surface area contributed by atoms with Crippen LogP contribution in [0.15, 0.2) is 0 Å². The van der Waals surface area contributed by atoms with Gasteiger partial charge < -0.3 is 4.89 Å². The second-order valence-corrected chi connectivity index (χ2v) is 4.71. The van der Waals surface area contributed by atoms with Crippen LogP contribution in [-0.4, -0.2) is 17.4 Å². The van der Waals surface area contributed by atoms with Crippen molar-refractivity contribution < 1.29 is 20.6 Å². The Morgan fingerprint density at radius 3 is 2.30 bits per heavy atom. The van der Waals surface area contributed by atoms with Gasteiger partial charge in [-0.3, -0.25) is 5.71 Å². The van der Waals surface area contributed by atoms with Crippen LogP contribution in [0, 0.1) is 0 Å². The van der Waals surface area contributed by atoms with Gasteiger partial charge in [0.1, 0.15) is 52.2 Å². The normalized spacial score (nSPS) is 10.0. The molecule has 60 valence electrons. The molecule has 0 aromatic carbocycles. The predicted octanol–water partition coefficient (Wildman–Crippen LogP) is 2.05. The quantitative estimate of drug-likeness (QED) is 0.344. The first-order valence-corrected chi connectivity index (χ1v) is 5.06. The van der Waals surface area contributed by atoms with Crippen molar-refractivity contribution in [2.75, 3.05) is 6.16 Å². The summed E-state index contributed by atoms with van der Waals surface area (Å²) in [4.78, 5) is 13.7. The van der Waals surface area contributed by atoms with E-state index in [-0.39, 0.29) is 6.16 Å². The second-order valence-electron chi connectivity index (χ2n) is 1.09. The van der Waals surface area contributed by atoms with Gasteiger partial charge in [0.2, 0.25) is 8.38 Å². The number of carbonyl (C=O) groups is 1. The van der Waals surface area contributed by atoms with Crippen LogP contribution >= 0.6 is 54.4 Å². The molecule has 0 aliphatic heterocycles. The maximum absolute atomic E-state index is 10.3. The maximum atomic E-state index is 10.3. The molecule has 0 rings (SSSR count). The van der Waals surface area contributed by atoms with Crippen LogP contribution in [0.4, 0.5) is 0 Å². The first-order valence-electron chi connectivity index (χ1n) is 1.93. The Morgan fingerprint density at radius 2 is 2.00 bits per heavy atom. The van der Waals surface area contributed by atoms with Gasteiger partial charge in [0.25, 0.3) is 0 Å². The minimum atomic E-state index is -1.26. The molecule has 0 fully saturated rings. The summed E-state index contributed by atoms with van der Waals surface area (Å²) in [6.07, 6.45) is -0.0717. The van der Waals surface area contributed by atoms with E-state index in [1.807, 2.05) is 0 Å². The Labute approximate surface area is 86.6 Å². The van der Waals surface area contributed by atoms with Crippen molar-refractivity contribution in [1.29, 1.82) is 0 Å². The summed E-state index contributed by atoms with van der Waals surface area (Å²) in [5.74, 6) is -0.764. The maximum Gasteiger partial charge on any atom is 0.350 e. The molecule has 0 spiro atoms. The Balaban J connectivity index is 3.52. The van der Waals surface area contributed by atoms with Gasteiger partial charge in [0.05, 0.1) is 0 Å². The summed E-state index contributed by atoms with van der Waals surface area (Å²) >= 11 is 3.22. The van der Waals surface area contributed by atoms with Crippen molar-refractivity contribution in [1.82, 2.24) is 0 Å². The van der Waals surface area contributed by atoms with Crippen LogP contribution in [0.2, 0.25) is 0 Å². The van der Waals surface area contributed by atoms with E-state index in [9.17, 15) is 4.79 Å². The third-order valence-electron chi connectivity index (χ3n) is 0.514. The van der Waals surface area contributed by atoms with Crippen LogP contribution in [0.5, 0.6) is 0 Å². The van der Waals surface area contributed by atoms with Crippen molar-refractivity contribution in [3.05, 3.63) is 0 Å². The van der Waals surface area contributed by atoms with Gasteiger partial charge in [-0.1, -0.05) is 0 Å². The van der Waals surface area contributed by atoms with Crippen molar-refractivity contribution >= 4 is 60.4 Å². The van der Waals surface area contributed by atoms with Gasteiger partial charge in [-0.05, 0) is 0 Å². The number of halogens is 2. The Morgan fingerprint density at radius 1 is 1.50 bits per heavy atom.